The van der Waals surface area contributed by atoms with E-state index in [0.717, 1.165) is 49.4 Å². The van der Waals surface area contributed by atoms with Crippen LogP contribution < -0.4 is 10.2 Å². The fraction of sp³-hybridized carbons (Fsp3) is 0.458. The number of carbonyl (C=O) groups is 1. The van der Waals surface area contributed by atoms with Gasteiger partial charge in [-0.25, -0.2) is 4.79 Å². The third-order valence-corrected chi connectivity index (χ3v) is 5.56. The Bertz CT molecular complexity index is 897. The highest BCUT2D eigenvalue weighted by Crippen LogP contribution is 2.30. The normalized spacial score (nSPS) is 14.7. The van der Waals surface area contributed by atoms with Crippen LogP contribution in [0.15, 0.2) is 48.5 Å². The Morgan fingerprint density at radius 1 is 1.09 bits per heavy atom. The van der Waals surface area contributed by atoms with Crippen LogP contribution in [0.5, 0.6) is 0 Å². The summed E-state index contributed by atoms with van der Waals surface area (Å²) in [5, 5.41) is 2.64. The minimum Gasteiger partial charge on any atom is -0.379 e. The quantitative estimate of drug-likeness (QED) is 0.624. The number of nitrogens with zero attached hydrogens (tertiary/aromatic N) is 3. The maximum atomic E-state index is 13.0. The van der Waals surface area contributed by atoms with E-state index in [1.807, 2.05) is 43.3 Å². The van der Waals surface area contributed by atoms with Crippen molar-refractivity contribution in [1.29, 1.82) is 0 Å². The fourth-order valence-electron chi connectivity index (χ4n) is 3.66. The van der Waals surface area contributed by atoms with Crippen LogP contribution in [-0.4, -0.2) is 69.3 Å². The lowest BCUT2D eigenvalue weighted by Crippen LogP contribution is -2.40. The topological polar surface area (TPSA) is 48.1 Å². The lowest BCUT2D eigenvalue weighted by Gasteiger charge is -2.28. The molecule has 1 N–H and O–H groups in total. The van der Waals surface area contributed by atoms with Crippen LogP contribution in [0.2, 0.25) is 0 Å². The summed E-state index contributed by atoms with van der Waals surface area (Å²) in [5.41, 5.74) is 1.33. The van der Waals surface area contributed by atoms with E-state index in [1.165, 1.54) is 12.1 Å². The first-order valence-electron chi connectivity index (χ1n) is 11.0. The van der Waals surface area contributed by atoms with E-state index in [2.05, 4.69) is 10.2 Å². The molecule has 1 heterocycles. The molecule has 180 valence electrons. The molecule has 0 aliphatic carbocycles. The van der Waals surface area contributed by atoms with Crippen LogP contribution in [0.3, 0.4) is 0 Å². The van der Waals surface area contributed by atoms with Gasteiger partial charge in [0.2, 0.25) is 0 Å². The third-order valence-electron chi connectivity index (χ3n) is 5.56. The van der Waals surface area contributed by atoms with Gasteiger partial charge in [-0.2, -0.15) is 13.2 Å². The first-order valence-corrected chi connectivity index (χ1v) is 11.0. The Morgan fingerprint density at radius 2 is 1.79 bits per heavy atom. The molecular formula is C24H31F3N4O2. The van der Waals surface area contributed by atoms with Crippen LogP contribution in [0.1, 0.15) is 17.5 Å². The molecule has 0 radical (unpaired) electrons. The van der Waals surface area contributed by atoms with E-state index in [4.69, 9.17) is 4.74 Å². The molecule has 0 spiro atoms. The van der Waals surface area contributed by atoms with Crippen molar-refractivity contribution in [2.24, 2.45) is 0 Å². The average Bonchev–Trinajstić information content (AvgIpc) is 2.79. The summed E-state index contributed by atoms with van der Waals surface area (Å²) < 4.78 is 44.5. The molecule has 0 atom stereocenters. The van der Waals surface area contributed by atoms with Crippen molar-refractivity contribution in [3.8, 4) is 0 Å². The van der Waals surface area contributed by atoms with Crippen molar-refractivity contribution < 1.29 is 22.7 Å². The highest BCUT2D eigenvalue weighted by Gasteiger charge is 2.30. The highest BCUT2D eigenvalue weighted by molar-refractivity contribution is 5.89. The summed E-state index contributed by atoms with van der Waals surface area (Å²) in [6.07, 6.45) is -3.71. The number of ether oxygens (including phenoxy) is 1. The number of rotatable bonds is 8. The first kappa shape index (κ1) is 24.9. The molecule has 0 unspecified atom stereocenters. The standard InChI is InChI=1S/C24H31F3N4O2/c1-29(2)22-9-7-19(8-10-22)18-31(12-4-11-30-13-15-33-16-14-30)23(32)28-21-6-3-5-20(17-21)24(25,26)27/h3,5-10,17H,4,11-16,18H2,1-2H3,(H,28,32). The molecule has 0 bridgehead atoms. The van der Waals surface area contributed by atoms with Gasteiger partial charge in [-0.05, 0) is 42.3 Å². The van der Waals surface area contributed by atoms with E-state index >= 15 is 0 Å². The van der Waals surface area contributed by atoms with Gasteiger partial charge in [-0.1, -0.05) is 18.2 Å². The molecular weight excluding hydrogens is 433 g/mol. The number of morpholine rings is 1. The summed E-state index contributed by atoms with van der Waals surface area (Å²) in [5.74, 6) is 0. The van der Waals surface area contributed by atoms with Gasteiger partial charge >= 0.3 is 12.2 Å². The molecule has 2 aromatic carbocycles. The number of anilines is 2. The zero-order valence-corrected chi connectivity index (χ0v) is 19.1. The summed E-state index contributed by atoms with van der Waals surface area (Å²) in [6, 6.07) is 12.2. The summed E-state index contributed by atoms with van der Waals surface area (Å²) in [6.45, 7) is 4.82. The van der Waals surface area contributed by atoms with E-state index in [1.54, 1.807) is 4.90 Å². The number of halogens is 3. The zero-order valence-electron chi connectivity index (χ0n) is 19.1. The minimum atomic E-state index is -4.47. The van der Waals surface area contributed by atoms with Crippen molar-refractivity contribution in [2.75, 3.05) is 63.7 Å². The minimum absolute atomic E-state index is 0.121. The molecule has 3 rings (SSSR count). The van der Waals surface area contributed by atoms with Gasteiger partial charge in [0.15, 0.2) is 0 Å². The van der Waals surface area contributed by atoms with Crippen LogP contribution >= 0.6 is 0 Å². The Balaban J connectivity index is 1.68. The molecule has 1 fully saturated rings. The van der Waals surface area contributed by atoms with Gasteiger partial charge in [0.1, 0.15) is 0 Å². The van der Waals surface area contributed by atoms with Crippen molar-refractivity contribution in [2.45, 2.75) is 19.1 Å². The Labute approximate surface area is 192 Å². The molecule has 2 amide bonds. The second-order valence-electron chi connectivity index (χ2n) is 8.30. The number of hydrogen-bond donors (Lipinski definition) is 1. The predicted octanol–water partition coefficient (Wildman–Crippen LogP) is 4.53. The molecule has 0 aromatic heterocycles. The van der Waals surface area contributed by atoms with Gasteiger partial charge in [-0.15, -0.1) is 0 Å². The zero-order chi connectivity index (χ0) is 23.8. The lowest BCUT2D eigenvalue weighted by molar-refractivity contribution is -0.137. The smallest absolute Gasteiger partial charge is 0.379 e. The van der Waals surface area contributed by atoms with E-state index in [9.17, 15) is 18.0 Å². The molecule has 1 saturated heterocycles. The fourth-order valence-corrected chi connectivity index (χ4v) is 3.66. The number of nitrogens with one attached hydrogen (secondary N) is 1. The SMILES string of the molecule is CN(C)c1ccc(CN(CCCN2CCOCC2)C(=O)Nc2cccc(C(F)(F)F)c2)cc1. The summed E-state index contributed by atoms with van der Waals surface area (Å²) in [7, 11) is 3.91. The van der Waals surface area contributed by atoms with Crippen LogP contribution in [-0.2, 0) is 17.5 Å². The van der Waals surface area contributed by atoms with Gasteiger partial charge in [-0.3, -0.25) is 4.90 Å². The molecule has 6 nitrogen and oxygen atoms in total. The number of hydrogen-bond acceptors (Lipinski definition) is 4. The number of urea groups is 1. The molecule has 1 aliphatic heterocycles. The Hall–Kier alpha value is -2.78. The number of carbonyl (C=O) groups excluding carboxylic acids is 1. The molecule has 9 heteroatoms. The number of benzene rings is 2. The maximum Gasteiger partial charge on any atom is 0.416 e. The van der Waals surface area contributed by atoms with Gasteiger partial charge in [0.25, 0.3) is 0 Å². The molecule has 0 saturated carbocycles. The maximum absolute atomic E-state index is 13.0. The van der Waals surface area contributed by atoms with E-state index < -0.39 is 17.8 Å². The summed E-state index contributed by atoms with van der Waals surface area (Å²) >= 11 is 0. The van der Waals surface area contributed by atoms with Gasteiger partial charge < -0.3 is 19.9 Å². The van der Waals surface area contributed by atoms with Crippen molar-refractivity contribution in [1.82, 2.24) is 9.80 Å². The highest BCUT2D eigenvalue weighted by atomic mass is 19.4. The van der Waals surface area contributed by atoms with Crippen LogP contribution in [0, 0.1) is 0 Å². The third kappa shape index (κ3) is 7.64. The average molecular weight is 465 g/mol. The second-order valence-corrected chi connectivity index (χ2v) is 8.30. The monoisotopic (exact) mass is 464 g/mol. The Kier molecular flexibility index (Phi) is 8.57. The van der Waals surface area contributed by atoms with Crippen molar-refractivity contribution in [3.63, 3.8) is 0 Å². The lowest BCUT2D eigenvalue weighted by atomic mass is 10.1. The van der Waals surface area contributed by atoms with Gasteiger partial charge in [0.05, 0.1) is 18.8 Å². The first-order chi connectivity index (χ1) is 15.7. The van der Waals surface area contributed by atoms with E-state index in [0.29, 0.717) is 26.3 Å². The summed E-state index contributed by atoms with van der Waals surface area (Å²) in [4.78, 5) is 19.0. The largest absolute Gasteiger partial charge is 0.416 e. The molecule has 33 heavy (non-hydrogen) atoms. The van der Waals surface area contributed by atoms with Crippen molar-refractivity contribution >= 4 is 17.4 Å². The van der Waals surface area contributed by atoms with Crippen LogP contribution in [0.25, 0.3) is 0 Å². The van der Waals surface area contributed by atoms with Crippen LogP contribution in [0.4, 0.5) is 29.3 Å². The Morgan fingerprint density at radius 3 is 2.42 bits per heavy atom. The van der Waals surface area contributed by atoms with E-state index in [-0.39, 0.29) is 5.69 Å². The number of amides is 2. The second kappa shape index (κ2) is 11.4. The number of alkyl halides is 3. The molecule has 2 aromatic rings. The van der Waals surface area contributed by atoms with Gasteiger partial charge in [0, 0.05) is 58.2 Å². The predicted molar refractivity (Wildman–Crippen MR) is 124 cm³/mol. The van der Waals surface area contributed by atoms with Crippen molar-refractivity contribution in [3.05, 3.63) is 59.7 Å². The molecule has 1 aliphatic rings.